The Hall–Kier alpha value is -2.64. The highest BCUT2D eigenvalue weighted by Gasteiger charge is 2.22. The van der Waals surface area contributed by atoms with Crippen LogP contribution >= 0.6 is 0 Å². The first-order valence-corrected chi connectivity index (χ1v) is 5.22. The third kappa shape index (κ3) is 3.95. The molecular formula is C11H13FN4O3. The maximum atomic E-state index is 13.6. The topological polar surface area (TPSA) is 133 Å². The number of nitrogens with two attached hydrogens (primary N) is 3. The van der Waals surface area contributed by atoms with Crippen LogP contribution in [0.5, 0.6) is 0 Å². The number of carbonyl (C=O) groups excluding carboxylic acids is 3. The molecule has 6 N–H and O–H groups in total. The SMILES string of the molecule is NC(=O)CN(CC(N)=O)C(=O)c1ccc(N)cc1F. The number of anilines is 1. The standard InChI is InChI=1S/C11H13FN4O3/c12-8-3-6(13)1-2-7(8)11(19)16(4-9(14)17)5-10(15)18/h1-3H,4-5,13H2,(H2,14,17)(H2,15,18). The van der Waals surface area contributed by atoms with E-state index in [1.165, 1.54) is 6.07 Å². The molecule has 0 aromatic heterocycles. The van der Waals surface area contributed by atoms with E-state index in [1.54, 1.807) is 0 Å². The van der Waals surface area contributed by atoms with Gasteiger partial charge in [-0.25, -0.2) is 4.39 Å². The summed E-state index contributed by atoms with van der Waals surface area (Å²) < 4.78 is 13.6. The van der Waals surface area contributed by atoms with Crippen molar-refractivity contribution in [3.63, 3.8) is 0 Å². The zero-order chi connectivity index (χ0) is 14.6. The Morgan fingerprint density at radius 2 is 1.63 bits per heavy atom. The van der Waals surface area contributed by atoms with E-state index in [-0.39, 0.29) is 11.3 Å². The van der Waals surface area contributed by atoms with Crippen LogP contribution in [-0.4, -0.2) is 35.7 Å². The molecule has 1 aromatic rings. The van der Waals surface area contributed by atoms with Crippen LogP contribution in [0.2, 0.25) is 0 Å². The molecule has 0 aliphatic carbocycles. The number of benzene rings is 1. The summed E-state index contributed by atoms with van der Waals surface area (Å²) in [5.74, 6) is -3.41. The number of hydrogen-bond donors (Lipinski definition) is 3. The van der Waals surface area contributed by atoms with Gasteiger partial charge in [0.1, 0.15) is 18.9 Å². The molecular weight excluding hydrogens is 255 g/mol. The number of nitrogen functional groups attached to an aromatic ring is 1. The van der Waals surface area contributed by atoms with E-state index in [1.807, 2.05) is 0 Å². The van der Waals surface area contributed by atoms with Crippen LogP contribution in [0.1, 0.15) is 10.4 Å². The van der Waals surface area contributed by atoms with Crippen LogP contribution in [0.4, 0.5) is 10.1 Å². The van der Waals surface area contributed by atoms with Gasteiger partial charge < -0.3 is 22.1 Å². The highest BCUT2D eigenvalue weighted by Crippen LogP contribution is 2.14. The van der Waals surface area contributed by atoms with Gasteiger partial charge in [0.05, 0.1) is 5.56 Å². The average molecular weight is 268 g/mol. The minimum absolute atomic E-state index is 0.144. The van der Waals surface area contributed by atoms with Gasteiger partial charge in [0.2, 0.25) is 11.8 Å². The second-order valence-electron chi connectivity index (χ2n) is 3.83. The molecule has 0 saturated heterocycles. The number of halogens is 1. The summed E-state index contributed by atoms with van der Waals surface area (Å²) in [4.78, 5) is 34.4. The summed E-state index contributed by atoms with van der Waals surface area (Å²) in [5.41, 5.74) is 15.1. The second-order valence-corrected chi connectivity index (χ2v) is 3.83. The first-order chi connectivity index (χ1) is 8.81. The molecule has 0 bridgehead atoms. The van der Waals surface area contributed by atoms with Gasteiger partial charge in [0, 0.05) is 5.69 Å². The predicted octanol–water partition coefficient (Wildman–Crippen LogP) is -1.18. The summed E-state index contributed by atoms with van der Waals surface area (Å²) in [6, 6.07) is 3.44. The maximum absolute atomic E-state index is 13.6. The lowest BCUT2D eigenvalue weighted by Gasteiger charge is -2.19. The van der Waals surface area contributed by atoms with E-state index in [9.17, 15) is 18.8 Å². The Morgan fingerprint density at radius 1 is 1.11 bits per heavy atom. The molecule has 1 rings (SSSR count). The third-order valence-electron chi connectivity index (χ3n) is 2.20. The zero-order valence-electron chi connectivity index (χ0n) is 9.93. The molecule has 0 atom stereocenters. The first-order valence-electron chi connectivity index (χ1n) is 5.22. The van der Waals surface area contributed by atoms with Crippen molar-refractivity contribution in [2.24, 2.45) is 11.5 Å². The molecule has 7 nitrogen and oxygen atoms in total. The first kappa shape index (κ1) is 14.4. The molecule has 0 unspecified atom stereocenters. The molecule has 19 heavy (non-hydrogen) atoms. The fourth-order valence-electron chi connectivity index (χ4n) is 1.45. The number of hydrogen-bond acceptors (Lipinski definition) is 4. The van der Waals surface area contributed by atoms with Gasteiger partial charge in [-0.3, -0.25) is 14.4 Å². The Kier molecular flexibility index (Phi) is 4.41. The van der Waals surface area contributed by atoms with Crippen molar-refractivity contribution in [2.75, 3.05) is 18.8 Å². The fourth-order valence-corrected chi connectivity index (χ4v) is 1.45. The molecule has 0 aliphatic rings. The number of amides is 3. The lowest BCUT2D eigenvalue weighted by molar-refractivity contribution is -0.121. The quantitative estimate of drug-likeness (QED) is 0.580. The Bertz CT molecular complexity index is 517. The summed E-state index contributed by atoms with van der Waals surface area (Å²) in [5, 5.41) is 0. The van der Waals surface area contributed by atoms with Crippen LogP contribution in [0.15, 0.2) is 18.2 Å². The van der Waals surface area contributed by atoms with E-state index in [0.29, 0.717) is 0 Å². The van der Waals surface area contributed by atoms with Gasteiger partial charge in [-0.2, -0.15) is 0 Å². The van der Waals surface area contributed by atoms with Crippen LogP contribution in [-0.2, 0) is 9.59 Å². The van der Waals surface area contributed by atoms with Gasteiger partial charge in [0.25, 0.3) is 5.91 Å². The van der Waals surface area contributed by atoms with E-state index in [4.69, 9.17) is 17.2 Å². The predicted molar refractivity (Wildman–Crippen MR) is 65.1 cm³/mol. The van der Waals surface area contributed by atoms with Gasteiger partial charge in [-0.15, -0.1) is 0 Å². The minimum Gasteiger partial charge on any atom is -0.399 e. The summed E-state index contributed by atoms with van der Waals surface area (Å²) >= 11 is 0. The lowest BCUT2D eigenvalue weighted by Crippen LogP contribution is -2.43. The van der Waals surface area contributed by atoms with Crippen molar-refractivity contribution >= 4 is 23.4 Å². The van der Waals surface area contributed by atoms with Crippen LogP contribution in [0.25, 0.3) is 0 Å². The Morgan fingerprint density at radius 3 is 2.05 bits per heavy atom. The largest absolute Gasteiger partial charge is 0.399 e. The van der Waals surface area contributed by atoms with E-state index >= 15 is 0 Å². The highest BCUT2D eigenvalue weighted by atomic mass is 19.1. The van der Waals surface area contributed by atoms with Crippen molar-refractivity contribution in [1.29, 1.82) is 0 Å². The highest BCUT2D eigenvalue weighted by molar-refractivity contribution is 5.98. The van der Waals surface area contributed by atoms with Crippen molar-refractivity contribution in [3.8, 4) is 0 Å². The number of carbonyl (C=O) groups is 3. The fraction of sp³-hybridized carbons (Fsp3) is 0.182. The van der Waals surface area contributed by atoms with Crippen LogP contribution < -0.4 is 17.2 Å². The summed E-state index contributed by atoms with van der Waals surface area (Å²) in [6.45, 7) is -1.07. The Labute approximate surface area is 108 Å². The molecule has 0 saturated carbocycles. The van der Waals surface area contributed by atoms with E-state index < -0.39 is 36.6 Å². The molecule has 0 aliphatic heterocycles. The molecule has 102 valence electrons. The monoisotopic (exact) mass is 268 g/mol. The van der Waals surface area contributed by atoms with Crippen LogP contribution in [0.3, 0.4) is 0 Å². The zero-order valence-corrected chi connectivity index (χ0v) is 9.93. The normalized spacial score (nSPS) is 9.95. The van der Waals surface area contributed by atoms with Crippen molar-refractivity contribution in [3.05, 3.63) is 29.6 Å². The Balaban J connectivity index is 3.04. The maximum Gasteiger partial charge on any atom is 0.257 e. The number of rotatable bonds is 5. The lowest BCUT2D eigenvalue weighted by atomic mass is 10.1. The van der Waals surface area contributed by atoms with Gasteiger partial charge >= 0.3 is 0 Å². The summed E-state index contributed by atoms with van der Waals surface area (Å²) in [6.07, 6.45) is 0. The number of nitrogens with zero attached hydrogens (tertiary/aromatic N) is 1. The molecule has 0 radical (unpaired) electrons. The van der Waals surface area contributed by atoms with E-state index in [2.05, 4.69) is 0 Å². The average Bonchev–Trinajstić information content (AvgIpc) is 2.26. The minimum atomic E-state index is -0.866. The molecule has 3 amide bonds. The third-order valence-corrected chi connectivity index (χ3v) is 2.20. The molecule has 0 fully saturated rings. The van der Waals surface area contributed by atoms with E-state index in [0.717, 1.165) is 17.0 Å². The molecule has 0 heterocycles. The van der Waals surface area contributed by atoms with Crippen molar-refractivity contribution in [1.82, 2.24) is 4.90 Å². The second kappa shape index (κ2) is 5.80. The van der Waals surface area contributed by atoms with Crippen molar-refractivity contribution in [2.45, 2.75) is 0 Å². The smallest absolute Gasteiger partial charge is 0.257 e. The van der Waals surface area contributed by atoms with Gasteiger partial charge in [0.15, 0.2) is 0 Å². The van der Waals surface area contributed by atoms with Gasteiger partial charge in [-0.05, 0) is 18.2 Å². The van der Waals surface area contributed by atoms with Crippen molar-refractivity contribution < 1.29 is 18.8 Å². The molecule has 0 spiro atoms. The molecule has 8 heteroatoms. The van der Waals surface area contributed by atoms with Gasteiger partial charge in [-0.1, -0.05) is 0 Å². The molecule has 1 aromatic carbocycles. The number of primary amides is 2. The summed E-state index contributed by atoms with van der Waals surface area (Å²) in [7, 11) is 0. The van der Waals surface area contributed by atoms with Crippen LogP contribution in [0, 0.1) is 5.82 Å².